The molecule has 1 aromatic rings. The average molecular weight is 363 g/mol. The third kappa shape index (κ3) is 4.80. The van der Waals surface area contributed by atoms with Crippen LogP contribution < -0.4 is 0 Å². The number of benzene rings is 1. The minimum atomic E-state index is -0.416. The highest BCUT2D eigenvalue weighted by Gasteiger charge is 2.21. The molecule has 0 fully saturated rings. The number of halogens is 2. The fourth-order valence-electron chi connectivity index (χ4n) is 1.72. The lowest BCUT2D eigenvalue weighted by Crippen LogP contribution is -2.37. The van der Waals surface area contributed by atoms with E-state index < -0.39 is 5.97 Å². The lowest BCUT2D eigenvalue weighted by molar-refractivity contribution is -0.143. The van der Waals surface area contributed by atoms with Crippen molar-refractivity contribution in [2.24, 2.45) is 0 Å². The van der Waals surface area contributed by atoms with Gasteiger partial charge in [-0.2, -0.15) is 0 Å². The van der Waals surface area contributed by atoms with Crippen LogP contribution in [0, 0.1) is 0 Å². The molecule has 1 amide bonds. The molecule has 0 aliphatic heterocycles. The van der Waals surface area contributed by atoms with Gasteiger partial charge in [0, 0.05) is 11.0 Å². The molecule has 0 aliphatic carbocycles. The highest BCUT2D eigenvalue weighted by molar-refractivity contribution is 9.10. The summed E-state index contributed by atoms with van der Waals surface area (Å²) in [5.41, 5.74) is 0.374. The summed E-state index contributed by atoms with van der Waals surface area (Å²) in [6, 6.07) is 5.06. The Morgan fingerprint density at radius 3 is 2.65 bits per heavy atom. The van der Waals surface area contributed by atoms with E-state index in [4.69, 9.17) is 16.3 Å². The maximum Gasteiger partial charge on any atom is 0.325 e. The van der Waals surface area contributed by atoms with Crippen molar-refractivity contribution in [1.29, 1.82) is 0 Å². The Labute approximate surface area is 132 Å². The highest BCUT2D eigenvalue weighted by Crippen LogP contribution is 2.22. The van der Waals surface area contributed by atoms with Crippen molar-refractivity contribution < 1.29 is 14.3 Å². The summed E-state index contributed by atoms with van der Waals surface area (Å²) in [5, 5.41) is 0.364. The molecule has 20 heavy (non-hydrogen) atoms. The van der Waals surface area contributed by atoms with E-state index in [2.05, 4.69) is 15.9 Å². The molecule has 0 spiro atoms. The van der Waals surface area contributed by atoms with Crippen LogP contribution in [0.15, 0.2) is 22.7 Å². The van der Waals surface area contributed by atoms with Gasteiger partial charge in [0.2, 0.25) is 0 Å². The van der Waals surface area contributed by atoms with E-state index in [1.54, 1.807) is 25.1 Å². The van der Waals surface area contributed by atoms with Crippen LogP contribution in [0.25, 0.3) is 0 Å². The third-order valence-electron chi connectivity index (χ3n) is 2.56. The van der Waals surface area contributed by atoms with Crippen LogP contribution in [0.4, 0.5) is 0 Å². The zero-order valence-corrected chi connectivity index (χ0v) is 13.8. The Morgan fingerprint density at radius 1 is 1.35 bits per heavy atom. The monoisotopic (exact) mass is 361 g/mol. The molecule has 0 heterocycles. The number of hydrogen-bond acceptors (Lipinski definition) is 3. The van der Waals surface area contributed by atoms with Gasteiger partial charge >= 0.3 is 5.97 Å². The number of amides is 1. The van der Waals surface area contributed by atoms with E-state index in [9.17, 15) is 9.59 Å². The van der Waals surface area contributed by atoms with Gasteiger partial charge in [0.05, 0.1) is 17.2 Å². The van der Waals surface area contributed by atoms with E-state index >= 15 is 0 Å². The minimum absolute atomic E-state index is 0.0661. The third-order valence-corrected chi connectivity index (χ3v) is 3.39. The summed E-state index contributed by atoms with van der Waals surface area (Å²) in [4.78, 5) is 25.5. The Kier molecular flexibility index (Phi) is 7.02. The molecule has 110 valence electrons. The molecule has 0 unspecified atom stereocenters. The summed E-state index contributed by atoms with van der Waals surface area (Å²) < 4.78 is 5.65. The largest absolute Gasteiger partial charge is 0.465 e. The van der Waals surface area contributed by atoms with Crippen molar-refractivity contribution in [3.8, 4) is 0 Å². The maximum atomic E-state index is 12.5. The van der Waals surface area contributed by atoms with Crippen LogP contribution in [-0.2, 0) is 9.53 Å². The van der Waals surface area contributed by atoms with Gasteiger partial charge in [-0.25, -0.2) is 0 Å². The molecule has 1 aromatic carbocycles. The van der Waals surface area contributed by atoms with E-state index in [1.165, 1.54) is 4.90 Å². The molecule has 0 saturated heterocycles. The van der Waals surface area contributed by atoms with Crippen molar-refractivity contribution in [2.45, 2.75) is 20.3 Å². The van der Waals surface area contributed by atoms with Crippen LogP contribution in [0.3, 0.4) is 0 Å². The quantitative estimate of drug-likeness (QED) is 0.727. The number of carbonyl (C=O) groups is 2. The first-order chi connectivity index (χ1) is 9.49. The number of rotatable bonds is 6. The fraction of sp³-hybridized carbons (Fsp3) is 0.429. The summed E-state index contributed by atoms with van der Waals surface area (Å²) >= 11 is 9.36. The molecule has 0 bridgehead atoms. The molecule has 1 rings (SSSR count). The summed E-state index contributed by atoms with van der Waals surface area (Å²) in [5.74, 6) is -0.688. The first kappa shape index (κ1) is 17.0. The maximum absolute atomic E-state index is 12.5. The predicted molar refractivity (Wildman–Crippen MR) is 82.0 cm³/mol. The Hall–Kier alpha value is -1.07. The number of hydrogen-bond donors (Lipinski definition) is 0. The second-order valence-corrected chi connectivity index (χ2v) is 5.48. The van der Waals surface area contributed by atoms with E-state index in [1.807, 2.05) is 6.92 Å². The number of ether oxygens (including phenoxy) is 1. The van der Waals surface area contributed by atoms with Gasteiger partial charge in [0.15, 0.2) is 0 Å². The predicted octanol–water partition coefficient (Wildman–Crippen LogP) is 3.52. The molecule has 6 heteroatoms. The molecular weight excluding hydrogens is 346 g/mol. The molecule has 0 aromatic heterocycles. The van der Waals surface area contributed by atoms with E-state index in [-0.39, 0.29) is 12.5 Å². The van der Waals surface area contributed by atoms with Gasteiger partial charge in [-0.1, -0.05) is 34.5 Å². The average Bonchev–Trinajstić information content (AvgIpc) is 2.40. The lowest BCUT2D eigenvalue weighted by atomic mass is 10.2. The van der Waals surface area contributed by atoms with Crippen LogP contribution >= 0.6 is 27.5 Å². The van der Waals surface area contributed by atoms with Crippen molar-refractivity contribution in [3.63, 3.8) is 0 Å². The second-order valence-electron chi connectivity index (χ2n) is 4.16. The SMILES string of the molecule is CCCN(CC(=O)OCC)C(=O)c1cc(Br)ccc1Cl. The van der Waals surface area contributed by atoms with Crippen molar-refractivity contribution in [3.05, 3.63) is 33.3 Å². The molecule has 0 N–H and O–H groups in total. The van der Waals surface area contributed by atoms with Crippen molar-refractivity contribution >= 4 is 39.4 Å². The summed E-state index contributed by atoms with van der Waals surface area (Å²) in [6.45, 7) is 4.37. The Balaban J connectivity index is 2.93. The van der Waals surface area contributed by atoms with Gasteiger partial charge in [0.25, 0.3) is 5.91 Å². The molecular formula is C14H17BrClNO3. The number of esters is 1. The lowest BCUT2D eigenvalue weighted by Gasteiger charge is -2.21. The Bertz CT molecular complexity index is 493. The van der Waals surface area contributed by atoms with Gasteiger partial charge in [0.1, 0.15) is 6.54 Å². The molecule has 0 radical (unpaired) electrons. The fourth-order valence-corrected chi connectivity index (χ4v) is 2.28. The highest BCUT2D eigenvalue weighted by atomic mass is 79.9. The zero-order valence-electron chi connectivity index (χ0n) is 11.5. The summed E-state index contributed by atoms with van der Waals surface area (Å²) in [7, 11) is 0. The van der Waals surface area contributed by atoms with Gasteiger partial charge in [-0.05, 0) is 31.5 Å². The standard InChI is InChI=1S/C14H17BrClNO3/c1-3-7-17(9-13(18)20-4-2)14(19)11-8-10(15)5-6-12(11)16/h5-6,8H,3-4,7,9H2,1-2H3. The number of nitrogens with zero attached hydrogens (tertiary/aromatic N) is 1. The molecule has 0 aliphatic rings. The van der Waals surface area contributed by atoms with Crippen LogP contribution in [0.2, 0.25) is 5.02 Å². The first-order valence-electron chi connectivity index (χ1n) is 6.39. The van der Waals surface area contributed by atoms with Crippen LogP contribution in [-0.4, -0.2) is 36.5 Å². The molecule has 0 atom stereocenters. The first-order valence-corrected chi connectivity index (χ1v) is 7.56. The van der Waals surface area contributed by atoms with E-state index in [0.29, 0.717) is 23.7 Å². The van der Waals surface area contributed by atoms with E-state index in [0.717, 1.165) is 10.9 Å². The van der Waals surface area contributed by atoms with Crippen molar-refractivity contribution in [2.75, 3.05) is 19.7 Å². The zero-order chi connectivity index (χ0) is 15.1. The van der Waals surface area contributed by atoms with Gasteiger partial charge < -0.3 is 9.64 Å². The van der Waals surface area contributed by atoms with Crippen LogP contribution in [0.5, 0.6) is 0 Å². The Morgan fingerprint density at radius 2 is 2.05 bits per heavy atom. The van der Waals surface area contributed by atoms with Gasteiger partial charge in [-0.3, -0.25) is 9.59 Å². The number of carbonyl (C=O) groups excluding carboxylic acids is 2. The minimum Gasteiger partial charge on any atom is -0.465 e. The topological polar surface area (TPSA) is 46.6 Å². The normalized spacial score (nSPS) is 10.2. The summed E-state index contributed by atoms with van der Waals surface area (Å²) in [6.07, 6.45) is 0.747. The molecule has 0 saturated carbocycles. The van der Waals surface area contributed by atoms with Gasteiger partial charge in [-0.15, -0.1) is 0 Å². The smallest absolute Gasteiger partial charge is 0.325 e. The molecule has 4 nitrogen and oxygen atoms in total. The van der Waals surface area contributed by atoms with Crippen molar-refractivity contribution in [1.82, 2.24) is 4.90 Å². The second kappa shape index (κ2) is 8.27. The van der Waals surface area contributed by atoms with Crippen LogP contribution in [0.1, 0.15) is 30.6 Å².